The fraction of sp³-hybridized carbons (Fsp3) is 0.357. The van der Waals surface area contributed by atoms with Gasteiger partial charge in [0.15, 0.2) is 17.3 Å². The Bertz CT molecular complexity index is 662. The summed E-state index contributed by atoms with van der Waals surface area (Å²) < 4.78 is 10.5. The van der Waals surface area contributed by atoms with Crippen LogP contribution < -0.4 is 15.2 Å². The molecule has 0 amide bonds. The van der Waals surface area contributed by atoms with Gasteiger partial charge in [-0.3, -0.25) is 0 Å². The Balaban J connectivity index is 2.59. The predicted molar refractivity (Wildman–Crippen MR) is 81.9 cm³/mol. The smallest absolute Gasteiger partial charge is 0.223 e. The van der Waals surface area contributed by atoms with Gasteiger partial charge < -0.3 is 15.2 Å². The average Bonchev–Trinajstić information content (AvgIpc) is 2.45. The number of aromatic nitrogens is 3. The van der Waals surface area contributed by atoms with Gasteiger partial charge in [-0.05, 0) is 12.1 Å². The number of hydrogen-bond donors (Lipinski definition) is 1. The number of nitrogens with two attached hydrogens (primary N) is 1. The molecule has 2 rings (SSSR count). The van der Waals surface area contributed by atoms with Crippen LogP contribution in [-0.4, -0.2) is 29.2 Å². The van der Waals surface area contributed by atoms with Crippen LogP contribution in [0, 0.1) is 0 Å². The van der Waals surface area contributed by atoms with Gasteiger partial charge in [-0.2, -0.15) is 9.97 Å². The van der Waals surface area contributed by atoms with Crippen molar-refractivity contribution < 1.29 is 9.47 Å². The van der Waals surface area contributed by atoms with Gasteiger partial charge in [-0.25, -0.2) is 4.98 Å². The Morgan fingerprint density at radius 1 is 1.10 bits per heavy atom. The molecule has 1 aromatic carbocycles. The zero-order chi connectivity index (χ0) is 15.6. The van der Waals surface area contributed by atoms with E-state index in [1.165, 1.54) is 7.11 Å². The van der Waals surface area contributed by atoms with E-state index < -0.39 is 0 Å². The van der Waals surface area contributed by atoms with Crippen LogP contribution in [-0.2, 0) is 0 Å². The normalized spacial score (nSPS) is 10.8. The number of anilines is 1. The lowest BCUT2D eigenvalue weighted by Crippen LogP contribution is -2.06. The molecule has 0 saturated heterocycles. The SMILES string of the molecule is COc1cc(-c2nc(N)nc(C(C)C)n2)cc(Cl)c1OC. The quantitative estimate of drug-likeness (QED) is 0.935. The standard InChI is InChI=1S/C14H17ClN4O2/c1-7(2)12-17-13(19-14(16)18-12)8-5-9(15)11(21-4)10(6-8)20-3/h5-7H,1-4H3,(H2,16,17,18,19). The zero-order valence-electron chi connectivity index (χ0n) is 12.3. The maximum Gasteiger partial charge on any atom is 0.223 e. The van der Waals surface area contributed by atoms with Crippen molar-refractivity contribution in [1.82, 2.24) is 15.0 Å². The van der Waals surface area contributed by atoms with E-state index in [4.69, 9.17) is 26.8 Å². The second-order valence-corrected chi connectivity index (χ2v) is 5.13. The van der Waals surface area contributed by atoms with Gasteiger partial charge in [0.2, 0.25) is 5.95 Å². The highest BCUT2D eigenvalue weighted by Crippen LogP contribution is 2.38. The van der Waals surface area contributed by atoms with Crippen molar-refractivity contribution >= 4 is 17.5 Å². The molecule has 0 aliphatic heterocycles. The number of hydrogen-bond acceptors (Lipinski definition) is 6. The molecular formula is C14H17ClN4O2. The van der Waals surface area contributed by atoms with Crippen molar-refractivity contribution in [3.05, 3.63) is 23.0 Å². The summed E-state index contributed by atoms with van der Waals surface area (Å²) in [6.45, 7) is 3.97. The summed E-state index contributed by atoms with van der Waals surface area (Å²) in [6.07, 6.45) is 0. The molecule has 21 heavy (non-hydrogen) atoms. The van der Waals surface area contributed by atoms with Crippen LogP contribution in [0.15, 0.2) is 12.1 Å². The van der Waals surface area contributed by atoms with Crippen molar-refractivity contribution in [2.75, 3.05) is 20.0 Å². The molecule has 0 aliphatic carbocycles. The van der Waals surface area contributed by atoms with Crippen LogP contribution in [0.1, 0.15) is 25.6 Å². The first-order valence-electron chi connectivity index (χ1n) is 6.39. The van der Waals surface area contributed by atoms with E-state index >= 15 is 0 Å². The molecule has 0 spiro atoms. The van der Waals surface area contributed by atoms with Crippen LogP contribution in [0.25, 0.3) is 11.4 Å². The highest BCUT2D eigenvalue weighted by molar-refractivity contribution is 6.32. The maximum atomic E-state index is 6.20. The summed E-state index contributed by atoms with van der Waals surface area (Å²) in [5, 5.41) is 0.414. The van der Waals surface area contributed by atoms with E-state index in [1.807, 2.05) is 13.8 Å². The van der Waals surface area contributed by atoms with Crippen molar-refractivity contribution in [2.24, 2.45) is 0 Å². The summed E-state index contributed by atoms with van der Waals surface area (Å²) in [5.41, 5.74) is 6.44. The molecule has 0 bridgehead atoms. The number of nitrogen functional groups attached to an aromatic ring is 1. The van der Waals surface area contributed by atoms with Gasteiger partial charge in [0.25, 0.3) is 0 Å². The van der Waals surface area contributed by atoms with Gasteiger partial charge in [0.1, 0.15) is 5.82 Å². The molecule has 0 unspecified atom stereocenters. The van der Waals surface area contributed by atoms with E-state index in [2.05, 4.69) is 15.0 Å². The van der Waals surface area contributed by atoms with Crippen LogP contribution in [0.2, 0.25) is 5.02 Å². The molecule has 2 N–H and O–H groups in total. The molecule has 112 valence electrons. The third-order valence-corrected chi connectivity index (χ3v) is 3.16. The Morgan fingerprint density at radius 3 is 2.38 bits per heavy atom. The number of halogens is 1. The Hall–Kier alpha value is -2.08. The lowest BCUT2D eigenvalue weighted by molar-refractivity contribution is 0.355. The first-order chi connectivity index (χ1) is 9.96. The monoisotopic (exact) mass is 308 g/mol. The highest BCUT2D eigenvalue weighted by Gasteiger charge is 2.15. The molecule has 0 fully saturated rings. The number of benzene rings is 1. The Labute approximate surface area is 128 Å². The third kappa shape index (κ3) is 3.16. The molecule has 0 atom stereocenters. The predicted octanol–water partition coefficient (Wildman–Crippen LogP) is 2.91. The van der Waals surface area contributed by atoms with Crippen LogP contribution >= 0.6 is 11.6 Å². The Morgan fingerprint density at radius 2 is 1.81 bits per heavy atom. The summed E-state index contributed by atoms with van der Waals surface area (Å²) >= 11 is 6.20. The van der Waals surface area contributed by atoms with Gasteiger partial charge >= 0.3 is 0 Å². The van der Waals surface area contributed by atoms with E-state index in [9.17, 15) is 0 Å². The van der Waals surface area contributed by atoms with Gasteiger partial charge in [-0.1, -0.05) is 25.4 Å². The second kappa shape index (κ2) is 6.13. The minimum atomic E-state index is 0.143. The number of methoxy groups -OCH3 is 2. The minimum absolute atomic E-state index is 0.143. The molecule has 2 aromatic rings. The molecule has 0 aliphatic rings. The molecule has 1 aromatic heterocycles. The van der Waals surface area contributed by atoms with Crippen molar-refractivity contribution in [1.29, 1.82) is 0 Å². The molecule has 7 heteroatoms. The number of nitrogens with zero attached hydrogens (tertiary/aromatic N) is 3. The fourth-order valence-corrected chi connectivity index (χ4v) is 2.13. The zero-order valence-corrected chi connectivity index (χ0v) is 13.1. The Kier molecular flexibility index (Phi) is 4.47. The molecule has 1 heterocycles. The first kappa shape index (κ1) is 15.3. The average molecular weight is 309 g/mol. The first-order valence-corrected chi connectivity index (χ1v) is 6.77. The molecule has 0 saturated carbocycles. The van der Waals surface area contributed by atoms with Crippen LogP contribution in [0.3, 0.4) is 0 Å². The van der Waals surface area contributed by atoms with E-state index in [0.29, 0.717) is 33.7 Å². The van der Waals surface area contributed by atoms with Crippen molar-refractivity contribution in [3.8, 4) is 22.9 Å². The van der Waals surface area contributed by atoms with Gasteiger partial charge in [0.05, 0.1) is 19.2 Å². The summed E-state index contributed by atoms with van der Waals surface area (Å²) in [7, 11) is 3.07. The minimum Gasteiger partial charge on any atom is -0.493 e. The van der Waals surface area contributed by atoms with Crippen LogP contribution in [0.4, 0.5) is 5.95 Å². The van der Waals surface area contributed by atoms with Crippen LogP contribution in [0.5, 0.6) is 11.5 Å². The fourth-order valence-electron chi connectivity index (χ4n) is 1.84. The lowest BCUT2D eigenvalue weighted by atomic mass is 10.1. The van der Waals surface area contributed by atoms with Crippen molar-refractivity contribution in [2.45, 2.75) is 19.8 Å². The number of ether oxygens (including phenoxy) is 2. The number of rotatable bonds is 4. The van der Waals surface area contributed by atoms with Crippen molar-refractivity contribution in [3.63, 3.8) is 0 Å². The topological polar surface area (TPSA) is 83.2 Å². The summed E-state index contributed by atoms with van der Waals surface area (Å²) in [4.78, 5) is 12.7. The van der Waals surface area contributed by atoms with Gasteiger partial charge in [0, 0.05) is 11.5 Å². The molecular weight excluding hydrogens is 292 g/mol. The second-order valence-electron chi connectivity index (χ2n) is 4.72. The third-order valence-electron chi connectivity index (χ3n) is 2.88. The summed E-state index contributed by atoms with van der Waals surface area (Å²) in [5.74, 6) is 2.37. The molecule has 0 radical (unpaired) electrons. The van der Waals surface area contributed by atoms with Gasteiger partial charge in [-0.15, -0.1) is 0 Å². The van der Waals surface area contributed by atoms with E-state index in [1.54, 1.807) is 19.2 Å². The highest BCUT2D eigenvalue weighted by atomic mass is 35.5. The summed E-state index contributed by atoms with van der Waals surface area (Å²) in [6, 6.07) is 3.46. The van der Waals surface area contributed by atoms with E-state index in [-0.39, 0.29) is 11.9 Å². The maximum absolute atomic E-state index is 6.20. The lowest BCUT2D eigenvalue weighted by Gasteiger charge is -2.12. The largest absolute Gasteiger partial charge is 0.493 e. The molecule has 6 nitrogen and oxygen atoms in total. The van der Waals surface area contributed by atoms with E-state index in [0.717, 1.165) is 0 Å².